The quantitative estimate of drug-likeness (QED) is 0.639. The Labute approximate surface area is 153 Å². The maximum Gasteiger partial charge on any atom is 0.341 e. The van der Waals surface area contributed by atoms with E-state index in [1.807, 2.05) is 19.1 Å². The Kier molecular flexibility index (Phi) is 5.19. The summed E-state index contributed by atoms with van der Waals surface area (Å²) in [4.78, 5) is 12.8. The van der Waals surface area contributed by atoms with Crippen LogP contribution in [-0.2, 0) is 19.1 Å². The van der Waals surface area contributed by atoms with Crippen molar-refractivity contribution in [2.24, 2.45) is 0 Å². The molecule has 0 bridgehead atoms. The van der Waals surface area contributed by atoms with Crippen molar-refractivity contribution in [3.8, 4) is 0 Å². The van der Waals surface area contributed by atoms with Crippen molar-refractivity contribution in [2.75, 3.05) is 0 Å². The Morgan fingerprint density at radius 2 is 1.23 bits per heavy atom. The highest BCUT2D eigenvalue weighted by Crippen LogP contribution is 2.27. The summed E-state index contributed by atoms with van der Waals surface area (Å²) in [6, 6.07) is 24.1. The summed E-state index contributed by atoms with van der Waals surface area (Å²) in [5.74, 6) is -1.65. The van der Waals surface area contributed by atoms with Gasteiger partial charge in [0.2, 0.25) is 0 Å². The van der Waals surface area contributed by atoms with Crippen LogP contribution in [0.3, 0.4) is 0 Å². The molecule has 3 aromatic carbocycles. The molecule has 26 heavy (non-hydrogen) atoms. The monoisotopic (exact) mass is 366 g/mol. The second-order valence-corrected chi connectivity index (χ2v) is 7.47. The van der Waals surface area contributed by atoms with Crippen LogP contribution < -0.4 is 0 Å². The Balaban J connectivity index is 1.95. The molecule has 0 saturated heterocycles. The molecule has 0 aliphatic heterocycles. The molecule has 0 radical (unpaired) electrons. The van der Waals surface area contributed by atoms with Crippen molar-refractivity contribution < 1.29 is 17.4 Å². The summed E-state index contributed by atoms with van der Waals surface area (Å²) in [6.07, 6.45) is 0. The molecule has 132 valence electrons. The molecular weight excluding hydrogens is 348 g/mol. The molecule has 3 rings (SSSR count). The van der Waals surface area contributed by atoms with Gasteiger partial charge < -0.3 is 4.18 Å². The van der Waals surface area contributed by atoms with Gasteiger partial charge in [0.05, 0.1) is 0 Å². The number of rotatable bonds is 5. The summed E-state index contributed by atoms with van der Waals surface area (Å²) in [5, 5.41) is 0. The van der Waals surface area contributed by atoms with Gasteiger partial charge in [-0.2, -0.15) is 8.42 Å². The molecule has 0 fully saturated rings. The van der Waals surface area contributed by atoms with Crippen LogP contribution in [0, 0.1) is 6.92 Å². The van der Waals surface area contributed by atoms with Gasteiger partial charge >= 0.3 is 16.1 Å². The Morgan fingerprint density at radius 3 is 1.69 bits per heavy atom. The van der Waals surface area contributed by atoms with E-state index in [1.165, 1.54) is 12.1 Å². The van der Waals surface area contributed by atoms with Gasteiger partial charge in [0, 0.05) is 0 Å². The largest absolute Gasteiger partial charge is 0.341 e. The van der Waals surface area contributed by atoms with Crippen LogP contribution in [0.4, 0.5) is 0 Å². The molecule has 4 nitrogen and oxygen atoms in total. The Morgan fingerprint density at radius 1 is 0.769 bits per heavy atom. The summed E-state index contributed by atoms with van der Waals surface area (Å²) >= 11 is 0. The normalized spacial score (nSPS) is 11.3. The number of carbonyl (C=O) groups excluding carboxylic acids is 1. The predicted molar refractivity (Wildman–Crippen MR) is 99.2 cm³/mol. The average molecular weight is 366 g/mol. The number of aryl methyl sites for hydroxylation is 1. The van der Waals surface area contributed by atoms with Crippen LogP contribution in [0.5, 0.6) is 0 Å². The van der Waals surface area contributed by atoms with E-state index in [4.69, 9.17) is 4.18 Å². The van der Waals surface area contributed by atoms with Crippen molar-refractivity contribution in [1.29, 1.82) is 0 Å². The van der Waals surface area contributed by atoms with Gasteiger partial charge in [0.25, 0.3) is 0 Å². The molecule has 0 aromatic heterocycles. The van der Waals surface area contributed by atoms with Gasteiger partial charge in [0.15, 0.2) is 0 Å². The fourth-order valence-electron chi connectivity index (χ4n) is 2.66. The van der Waals surface area contributed by atoms with Gasteiger partial charge in [-0.1, -0.05) is 78.4 Å². The summed E-state index contributed by atoms with van der Waals surface area (Å²) in [7, 11) is -4.19. The molecule has 0 amide bonds. The average Bonchev–Trinajstić information content (AvgIpc) is 2.63. The number of hydrogen-bond donors (Lipinski definition) is 0. The van der Waals surface area contributed by atoms with Crippen LogP contribution in [-0.4, -0.2) is 14.4 Å². The number of benzene rings is 3. The van der Waals surface area contributed by atoms with E-state index in [0.717, 1.165) is 5.56 Å². The molecule has 3 aromatic rings. The van der Waals surface area contributed by atoms with Gasteiger partial charge in [-0.05, 0) is 30.2 Å². The van der Waals surface area contributed by atoms with E-state index < -0.39 is 22.0 Å². The van der Waals surface area contributed by atoms with E-state index in [2.05, 4.69) is 0 Å². The van der Waals surface area contributed by atoms with Crippen LogP contribution in [0.15, 0.2) is 89.8 Å². The first-order chi connectivity index (χ1) is 12.5. The lowest BCUT2D eigenvalue weighted by atomic mass is 9.92. The fourth-order valence-corrected chi connectivity index (χ4v) is 3.54. The first kappa shape index (κ1) is 17.9. The molecule has 0 N–H and O–H groups in total. The molecule has 0 saturated carbocycles. The van der Waals surface area contributed by atoms with Crippen LogP contribution in [0.25, 0.3) is 0 Å². The molecule has 0 atom stereocenters. The van der Waals surface area contributed by atoms with Crippen molar-refractivity contribution in [3.05, 3.63) is 102 Å². The van der Waals surface area contributed by atoms with E-state index in [9.17, 15) is 13.2 Å². The zero-order valence-electron chi connectivity index (χ0n) is 14.2. The minimum absolute atomic E-state index is 0.0451. The highest BCUT2D eigenvalue weighted by molar-refractivity contribution is 7.87. The van der Waals surface area contributed by atoms with E-state index in [-0.39, 0.29) is 4.90 Å². The standard InChI is InChI=1S/C21H18O4S/c1-16-12-14-19(15-13-16)26(23,24)25-21(22)20(17-8-4-2-5-9-17)18-10-6-3-7-11-18/h2-15,20H,1H3. The van der Waals surface area contributed by atoms with E-state index in [1.54, 1.807) is 60.7 Å². The Bertz CT molecular complexity index is 940. The molecule has 0 spiro atoms. The molecular formula is C21H18O4S. The van der Waals surface area contributed by atoms with E-state index in [0.29, 0.717) is 11.1 Å². The maximum atomic E-state index is 12.8. The van der Waals surface area contributed by atoms with Crippen LogP contribution >= 0.6 is 0 Å². The summed E-state index contributed by atoms with van der Waals surface area (Å²) in [6.45, 7) is 1.85. The van der Waals surface area contributed by atoms with E-state index >= 15 is 0 Å². The first-order valence-electron chi connectivity index (χ1n) is 8.12. The molecule has 0 aliphatic carbocycles. The minimum atomic E-state index is -4.19. The second kappa shape index (κ2) is 7.54. The van der Waals surface area contributed by atoms with Gasteiger partial charge in [-0.25, -0.2) is 4.79 Å². The molecule has 0 aliphatic rings. The lowest BCUT2D eigenvalue weighted by molar-refractivity contribution is -0.134. The second-order valence-electron chi connectivity index (χ2n) is 5.92. The van der Waals surface area contributed by atoms with Crippen molar-refractivity contribution in [2.45, 2.75) is 17.7 Å². The first-order valence-corrected chi connectivity index (χ1v) is 9.53. The molecule has 5 heteroatoms. The Hall–Kier alpha value is -2.92. The third-order valence-electron chi connectivity index (χ3n) is 4.00. The third kappa shape index (κ3) is 4.00. The number of carbonyl (C=O) groups is 1. The zero-order chi connectivity index (χ0) is 18.6. The topological polar surface area (TPSA) is 60.4 Å². The maximum absolute atomic E-state index is 12.8. The van der Waals surface area contributed by atoms with Gasteiger partial charge in [-0.3, -0.25) is 0 Å². The highest BCUT2D eigenvalue weighted by Gasteiger charge is 2.29. The third-order valence-corrected chi connectivity index (χ3v) is 5.24. The predicted octanol–water partition coefficient (Wildman–Crippen LogP) is 4.06. The van der Waals surface area contributed by atoms with Crippen molar-refractivity contribution >= 4 is 16.1 Å². The lowest BCUT2D eigenvalue weighted by Crippen LogP contribution is -2.21. The van der Waals surface area contributed by atoms with Crippen LogP contribution in [0.1, 0.15) is 22.6 Å². The van der Waals surface area contributed by atoms with Gasteiger partial charge in [0.1, 0.15) is 10.8 Å². The zero-order valence-corrected chi connectivity index (χ0v) is 15.0. The van der Waals surface area contributed by atoms with Crippen molar-refractivity contribution in [1.82, 2.24) is 0 Å². The minimum Gasteiger partial charge on any atom is -0.341 e. The summed E-state index contributed by atoms with van der Waals surface area (Å²) in [5.41, 5.74) is 2.26. The smallest absolute Gasteiger partial charge is 0.341 e. The number of hydrogen-bond acceptors (Lipinski definition) is 4. The van der Waals surface area contributed by atoms with Crippen LogP contribution in [0.2, 0.25) is 0 Å². The molecule has 0 heterocycles. The SMILES string of the molecule is Cc1ccc(S(=O)(=O)OC(=O)C(c2ccccc2)c2ccccc2)cc1. The highest BCUT2D eigenvalue weighted by atomic mass is 32.2. The van der Waals surface area contributed by atoms with Crippen molar-refractivity contribution in [3.63, 3.8) is 0 Å². The fraction of sp³-hybridized carbons (Fsp3) is 0.0952. The molecule has 0 unspecified atom stereocenters. The summed E-state index contributed by atoms with van der Waals surface area (Å²) < 4.78 is 29.9. The van der Waals surface area contributed by atoms with Gasteiger partial charge in [-0.15, -0.1) is 0 Å². The lowest BCUT2D eigenvalue weighted by Gasteiger charge is -2.16.